The van der Waals surface area contributed by atoms with E-state index in [0.29, 0.717) is 23.6 Å². The van der Waals surface area contributed by atoms with Gasteiger partial charge in [0, 0.05) is 6.61 Å². The van der Waals surface area contributed by atoms with Crippen LogP contribution in [0.25, 0.3) is 0 Å². The smallest absolute Gasteiger partial charge is 0.240 e. The van der Waals surface area contributed by atoms with Crippen LogP contribution in [-0.4, -0.2) is 36.9 Å². The van der Waals surface area contributed by atoms with Crippen molar-refractivity contribution in [3.05, 3.63) is 11.9 Å². The molecule has 2 rings (SSSR count). The summed E-state index contributed by atoms with van der Waals surface area (Å²) < 4.78 is 16.1. The van der Waals surface area contributed by atoms with Crippen LogP contribution in [0.3, 0.4) is 0 Å². The maximum absolute atomic E-state index is 5.75. The van der Waals surface area contributed by atoms with Crippen LogP contribution in [0.1, 0.15) is 43.8 Å². The van der Waals surface area contributed by atoms with Gasteiger partial charge in [-0.05, 0) is 32.1 Å². The topological polar surface area (TPSA) is 91.5 Å². The summed E-state index contributed by atoms with van der Waals surface area (Å²) >= 11 is 0. The largest absolute Gasteiger partial charge is 0.480 e. The SMILES string of the molecule is COc1cnc(C(CCC2CCCCO2)NN)c(OC)n1. The van der Waals surface area contributed by atoms with Gasteiger partial charge in [0.15, 0.2) is 0 Å². The molecular formula is C14H24N4O3. The number of nitrogens with zero attached hydrogens (tertiary/aromatic N) is 2. The molecule has 1 aliphatic heterocycles. The maximum atomic E-state index is 5.75. The zero-order valence-electron chi connectivity index (χ0n) is 12.7. The van der Waals surface area contributed by atoms with Gasteiger partial charge < -0.3 is 14.2 Å². The maximum Gasteiger partial charge on any atom is 0.240 e. The van der Waals surface area contributed by atoms with Crippen LogP contribution in [0.2, 0.25) is 0 Å². The zero-order valence-corrected chi connectivity index (χ0v) is 12.7. The van der Waals surface area contributed by atoms with Crippen molar-refractivity contribution >= 4 is 0 Å². The van der Waals surface area contributed by atoms with Gasteiger partial charge in [-0.15, -0.1) is 0 Å². The summed E-state index contributed by atoms with van der Waals surface area (Å²) in [4.78, 5) is 8.60. The Kier molecular flexibility index (Phi) is 6.16. The molecule has 2 atom stereocenters. The molecule has 0 bridgehead atoms. The zero-order chi connectivity index (χ0) is 15.1. The van der Waals surface area contributed by atoms with E-state index in [-0.39, 0.29) is 6.04 Å². The first-order chi connectivity index (χ1) is 10.3. The Balaban J connectivity index is 2.02. The minimum absolute atomic E-state index is 0.121. The van der Waals surface area contributed by atoms with Crippen molar-refractivity contribution in [1.29, 1.82) is 0 Å². The van der Waals surface area contributed by atoms with Crippen LogP contribution in [0.5, 0.6) is 11.8 Å². The highest BCUT2D eigenvalue weighted by Gasteiger charge is 2.21. The predicted octanol–water partition coefficient (Wildman–Crippen LogP) is 1.35. The number of methoxy groups -OCH3 is 2. The molecule has 0 amide bonds. The third-order valence-electron chi connectivity index (χ3n) is 3.73. The van der Waals surface area contributed by atoms with Crippen molar-refractivity contribution < 1.29 is 14.2 Å². The second kappa shape index (κ2) is 8.11. The van der Waals surface area contributed by atoms with Crippen molar-refractivity contribution in [1.82, 2.24) is 15.4 Å². The Labute approximate surface area is 125 Å². The van der Waals surface area contributed by atoms with E-state index < -0.39 is 0 Å². The van der Waals surface area contributed by atoms with E-state index in [0.717, 1.165) is 32.3 Å². The molecule has 1 saturated heterocycles. The molecular weight excluding hydrogens is 272 g/mol. The molecule has 0 radical (unpaired) electrons. The fourth-order valence-electron chi connectivity index (χ4n) is 2.54. The number of nitrogens with one attached hydrogen (secondary N) is 1. The average Bonchev–Trinajstić information content (AvgIpc) is 2.56. The average molecular weight is 296 g/mol. The number of rotatable bonds is 7. The van der Waals surface area contributed by atoms with Gasteiger partial charge in [-0.2, -0.15) is 4.98 Å². The molecule has 1 aromatic heterocycles. The molecule has 7 nitrogen and oxygen atoms in total. The molecule has 0 aliphatic carbocycles. The highest BCUT2D eigenvalue weighted by Crippen LogP contribution is 2.27. The summed E-state index contributed by atoms with van der Waals surface area (Å²) in [5, 5.41) is 0. The Morgan fingerprint density at radius 3 is 2.90 bits per heavy atom. The Morgan fingerprint density at radius 1 is 1.43 bits per heavy atom. The van der Waals surface area contributed by atoms with E-state index >= 15 is 0 Å². The molecule has 1 aromatic rings. The molecule has 7 heteroatoms. The molecule has 0 spiro atoms. The first-order valence-corrected chi connectivity index (χ1v) is 7.31. The van der Waals surface area contributed by atoms with Crippen LogP contribution in [0.4, 0.5) is 0 Å². The normalized spacial score (nSPS) is 20.0. The summed E-state index contributed by atoms with van der Waals surface area (Å²) in [6.45, 7) is 0.858. The second-order valence-corrected chi connectivity index (χ2v) is 5.09. The lowest BCUT2D eigenvalue weighted by Crippen LogP contribution is -2.31. The third-order valence-corrected chi connectivity index (χ3v) is 3.73. The third kappa shape index (κ3) is 4.26. The number of hydrogen-bond donors (Lipinski definition) is 2. The van der Waals surface area contributed by atoms with Crippen LogP contribution in [-0.2, 0) is 4.74 Å². The number of hydrazine groups is 1. The Morgan fingerprint density at radius 2 is 2.29 bits per heavy atom. The molecule has 1 fully saturated rings. The van der Waals surface area contributed by atoms with E-state index in [1.807, 2.05) is 0 Å². The van der Waals surface area contributed by atoms with E-state index in [2.05, 4.69) is 15.4 Å². The summed E-state index contributed by atoms with van der Waals surface area (Å²) in [6.07, 6.45) is 7.14. The first-order valence-electron chi connectivity index (χ1n) is 7.31. The predicted molar refractivity (Wildman–Crippen MR) is 78.0 cm³/mol. The molecule has 2 unspecified atom stereocenters. The van der Waals surface area contributed by atoms with Crippen molar-refractivity contribution in [3.8, 4) is 11.8 Å². The van der Waals surface area contributed by atoms with Crippen LogP contribution < -0.4 is 20.7 Å². The van der Waals surface area contributed by atoms with Crippen molar-refractivity contribution in [3.63, 3.8) is 0 Å². The van der Waals surface area contributed by atoms with E-state index in [9.17, 15) is 0 Å². The summed E-state index contributed by atoms with van der Waals surface area (Å²) in [6, 6.07) is -0.121. The molecule has 2 heterocycles. The molecule has 0 saturated carbocycles. The number of nitrogens with two attached hydrogens (primary N) is 1. The van der Waals surface area contributed by atoms with E-state index in [1.165, 1.54) is 6.42 Å². The number of ether oxygens (including phenoxy) is 3. The van der Waals surface area contributed by atoms with Crippen molar-refractivity contribution in [2.75, 3.05) is 20.8 Å². The monoisotopic (exact) mass is 296 g/mol. The van der Waals surface area contributed by atoms with Gasteiger partial charge in [-0.3, -0.25) is 11.3 Å². The Hall–Kier alpha value is -1.44. The number of hydrogen-bond acceptors (Lipinski definition) is 7. The van der Waals surface area contributed by atoms with Gasteiger partial charge in [0.1, 0.15) is 5.69 Å². The first kappa shape index (κ1) is 15.9. The summed E-state index contributed by atoms with van der Waals surface area (Å²) in [5.41, 5.74) is 3.48. The van der Waals surface area contributed by atoms with Gasteiger partial charge in [0.25, 0.3) is 0 Å². The summed E-state index contributed by atoms with van der Waals surface area (Å²) in [5.74, 6) is 6.52. The molecule has 3 N–H and O–H groups in total. The summed E-state index contributed by atoms with van der Waals surface area (Å²) in [7, 11) is 3.10. The lowest BCUT2D eigenvalue weighted by molar-refractivity contribution is 0.00842. The quantitative estimate of drug-likeness (QED) is 0.579. The van der Waals surface area contributed by atoms with Gasteiger partial charge in [-0.25, -0.2) is 4.98 Å². The standard InChI is InChI=1S/C14H24N4O3/c1-19-12-9-16-13(14(17-12)20-2)11(18-15)7-6-10-5-3-4-8-21-10/h9-11,18H,3-8,15H2,1-2H3. The fourth-order valence-corrected chi connectivity index (χ4v) is 2.54. The molecule has 1 aliphatic rings. The Bertz CT molecular complexity index is 438. The van der Waals surface area contributed by atoms with E-state index in [1.54, 1.807) is 20.4 Å². The van der Waals surface area contributed by atoms with Gasteiger partial charge in [-0.1, -0.05) is 0 Å². The number of aromatic nitrogens is 2. The highest BCUT2D eigenvalue weighted by molar-refractivity contribution is 5.25. The van der Waals surface area contributed by atoms with Crippen LogP contribution >= 0.6 is 0 Å². The minimum atomic E-state index is -0.121. The van der Waals surface area contributed by atoms with Gasteiger partial charge in [0.05, 0.1) is 32.6 Å². The molecule has 118 valence electrons. The lowest BCUT2D eigenvalue weighted by atomic mass is 10.0. The second-order valence-electron chi connectivity index (χ2n) is 5.09. The highest BCUT2D eigenvalue weighted by atomic mass is 16.5. The molecule has 0 aromatic carbocycles. The lowest BCUT2D eigenvalue weighted by Gasteiger charge is -2.24. The van der Waals surface area contributed by atoms with Crippen LogP contribution in [0.15, 0.2) is 6.20 Å². The fraction of sp³-hybridized carbons (Fsp3) is 0.714. The van der Waals surface area contributed by atoms with Crippen molar-refractivity contribution in [2.45, 2.75) is 44.2 Å². The minimum Gasteiger partial charge on any atom is -0.480 e. The van der Waals surface area contributed by atoms with Crippen molar-refractivity contribution in [2.24, 2.45) is 5.84 Å². The van der Waals surface area contributed by atoms with Gasteiger partial charge in [0.2, 0.25) is 11.8 Å². The van der Waals surface area contributed by atoms with Crippen LogP contribution in [0, 0.1) is 0 Å². The molecule has 21 heavy (non-hydrogen) atoms. The van der Waals surface area contributed by atoms with E-state index in [4.69, 9.17) is 20.1 Å². The van der Waals surface area contributed by atoms with Gasteiger partial charge >= 0.3 is 0 Å².